The topological polar surface area (TPSA) is 98.2 Å². The van der Waals surface area contributed by atoms with Crippen molar-refractivity contribution < 1.29 is 45.0 Å². The van der Waals surface area contributed by atoms with Crippen LogP contribution in [0.15, 0.2) is 30.6 Å². The molecule has 0 aliphatic heterocycles. The van der Waals surface area contributed by atoms with Gasteiger partial charge in [-0.2, -0.15) is 0 Å². The molecule has 6 nitrogen and oxygen atoms in total. The molecule has 7 heteroatoms. The molecule has 0 saturated heterocycles. The maximum Gasteiger partial charge on any atom is 0.281 e. The third kappa shape index (κ3) is 120. The van der Waals surface area contributed by atoms with Gasteiger partial charge in [-0.1, -0.05) is 6.07 Å². The summed E-state index contributed by atoms with van der Waals surface area (Å²) in [5.74, 6) is 0. The van der Waals surface area contributed by atoms with Crippen LogP contribution in [0.4, 0.5) is 0 Å². The predicted molar refractivity (Wildman–Crippen MR) is 52.7 cm³/mol. The Hall–Kier alpha value is -1.81. The summed E-state index contributed by atoms with van der Waals surface area (Å²) >= 11 is 0. The molecule has 0 N–H and O–H groups in total. The minimum atomic E-state index is 0. The first kappa shape index (κ1) is 36.2. The van der Waals surface area contributed by atoms with Gasteiger partial charge < -0.3 is 0 Å². The quantitative estimate of drug-likeness (QED) is 0.557. The van der Waals surface area contributed by atoms with Crippen LogP contribution < -0.4 is 0 Å². The molecular formula is C10H5NO5W. The number of hydrogen-bond acceptors (Lipinski definition) is 6. The molecule has 0 spiro atoms. The van der Waals surface area contributed by atoms with Crippen LogP contribution in [0.1, 0.15) is 0 Å². The maximum absolute atomic E-state index is 7.50. The largest absolute Gasteiger partial charge is 0.281 e. The molecule has 0 unspecified atom stereocenters. The third-order valence-corrected chi connectivity index (χ3v) is 0.566. The Morgan fingerprint density at radius 3 is 0.824 bits per heavy atom. The average molecular weight is 403 g/mol. The van der Waals surface area contributed by atoms with E-state index in [2.05, 4.69) is 38.9 Å². The van der Waals surface area contributed by atoms with E-state index in [0.717, 1.165) is 0 Å². The van der Waals surface area contributed by atoms with Crippen LogP contribution in [0.2, 0.25) is 0 Å². The van der Waals surface area contributed by atoms with Crippen molar-refractivity contribution >= 4 is 33.9 Å². The molecule has 0 saturated carbocycles. The zero-order valence-corrected chi connectivity index (χ0v) is 11.2. The molecule has 0 bridgehead atoms. The third-order valence-electron chi connectivity index (χ3n) is 0.566. The van der Waals surface area contributed by atoms with Gasteiger partial charge in [0.1, 0.15) is 0 Å². The van der Waals surface area contributed by atoms with E-state index in [-0.39, 0.29) is 21.1 Å². The Balaban J connectivity index is -0.0000000242. The molecule has 0 aromatic carbocycles. The summed E-state index contributed by atoms with van der Waals surface area (Å²) in [5, 5.41) is 0. The van der Waals surface area contributed by atoms with E-state index in [1.807, 2.05) is 18.2 Å². The summed E-state index contributed by atoms with van der Waals surface area (Å²) in [6.07, 6.45) is 3.50. The number of rotatable bonds is 0. The molecule has 1 rings (SSSR count). The Morgan fingerprint density at radius 2 is 0.765 bits per heavy atom. The zero-order valence-electron chi connectivity index (χ0n) is 8.28. The van der Waals surface area contributed by atoms with Crippen LogP contribution in [-0.2, 0) is 45.0 Å². The first-order valence-electron chi connectivity index (χ1n) is 2.87. The van der Waals surface area contributed by atoms with Gasteiger partial charge in [-0.3, -0.25) is 29.0 Å². The van der Waals surface area contributed by atoms with Crippen molar-refractivity contribution in [3.05, 3.63) is 30.6 Å². The zero-order chi connectivity index (χ0) is 14.2. The molecule has 0 fully saturated rings. The van der Waals surface area contributed by atoms with Crippen molar-refractivity contribution in [1.82, 2.24) is 4.98 Å². The Bertz CT molecular complexity index is 141. The fourth-order valence-electron chi connectivity index (χ4n) is 0.313. The summed E-state index contributed by atoms with van der Waals surface area (Å²) in [6.45, 7) is 22.5. The van der Waals surface area contributed by atoms with Gasteiger partial charge >= 0.3 is 0 Å². The van der Waals surface area contributed by atoms with Gasteiger partial charge in [0.05, 0.1) is 0 Å². The number of hydrogen-bond donors (Lipinski definition) is 0. The van der Waals surface area contributed by atoms with Gasteiger partial charge in [-0.05, 0) is 12.1 Å². The number of pyridine rings is 1. The molecule has 0 amide bonds. The van der Waals surface area contributed by atoms with Crippen molar-refractivity contribution in [2.75, 3.05) is 0 Å². The second kappa shape index (κ2) is 141. The van der Waals surface area contributed by atoms with Gasteiger partial charge in [-0.15, -0.1) is 0 Å². The van der Waals surface area contributed by atoms with Crippen LogP contribution in [0, 0.1) is 0 Å². The van der Waals surface area contributed by atoms with Crippen molar-refractivity contribution in [1.29, 1.82) is 0 Å². The van der Waals surface area contributed by atoms with Crippen molar-refractivity contribution in [2.45, 2.75) is 0 Å². The van der Waals surface area contributed by atoms with E-state index in [1.165, 1.54) is 0 Å². The molecule has 1 aromatic rings. The summed E-state index contributed by atoms with van der Waals surface area (Å²) in [6, 6.07) is 5.72. The van der Waals surface area contributed by atoms with Crippen LogP contribution in [0.3, 0.4) is 0 Å². The van der Waals surface area contributed by atoms with Crippen LogP contribution in [0.25, 0.3) is 0 Å². The molecule has 0 aliphatic carbocycles. The molecule has 1 aromatic heterocycles. The van der Waals surface area contributed by atoms with Crippen LogP contribution in [0.5, 0.6) is 0 Å². The van der Waals surface area contributed by atoms with E-state index >= 15 is 0 Å². The Kier molecular flexibility index (Phi) is 300. The van der Waals surface area contributed by atoms with E-state index in [1.54, 1.807) is 12.4 Å². The minimum Gasteiger partial charge on any atom is -0.281 e. The summed E-state index contributed by atoms with van der Waals surface area (Å²) in [5.41, 5.74) is 0. The maximum atomic E-state index is 7.50. The fraction of sp³-hybridized carbons (Fsp3) is 0. The molecule has 1 heterocycles. The van der Waals surface area contributed by atoms with Gasteiger partial charge in [0.15, 0.2) is 0 Å². The number of nitrogens with zero attached hydrogens (tertiary/aromatic N) is 1. The normalized spacial score (nSPS) is 4.00. The molecule has 10 radical (unpaired) electrons. The molecular weight excluding hydrogens is 398 g/mol. The van der Waals surface area contributed by atoms with E-state index in [4.69, 9.17) is 24.0 Å². The van der Waals surface area contributed by atoms with E-state index < -0.39 is 0 Å². The number of aromatic nitrogens is 1. The smallest absolute Gasteiger partial charge is 0.281 e. The first-order chi connectivity index (χ1) is 8.00. The van der Waals surface area contributed by atoms with Crippen LogP contribution in [-0.4, -0.2) is 38.9 Å². The van der Waals surface area contributed by atoms with Gasteiger partial charge in [0.2, 0.25) is 0 Å². The second-order valence-electron chi connectivity index (χ2n) is 1.02. The SMILES string of the molecule is [C]=O.[C]=O.[C]=O.[C]=O.[C]=O.[W].c1ccncc1. The van der Waals surface area contributed by atoms with E-state index in [9.17, 15) is 0 Å². The predicted octanol–water partition coefficient (Wildman–Crippen LogP) is -0.906. The summed E-state index contributed by atoms with van der Waals surface area (Å²) < 4.78 is 0. The Morgan fingerprint density at radius 1 is 0.529 bits per heavy atom. The fourth-order valence-corrected chi connectivity index (χ4v) is 0.313. The minimum absolute atomic E-state index is 0. The monoisotopic (exact) mass is 403 g/mol. The second-order valence-corrected chi connectivity index (χ2v) is 1.02. The molecule has 86 valence electrons. The Labute approximate surface area is 115 Å². The van der Waals surface area contributed by atoms with Gasteiger partial charge in [0.25, 0.3) is 33.9 Å². The summed E-state index contributed by atoms with van der Waals surface area (Å²) in [4.78, 5) is 41.3. The van der Waals surface area contributed by atoms with Gasteiger partial charge in [0, 0.05) is 33.5 Å². The van der Waals surface area contributed by atoms with Crippen molar-refractivity contribution in [3.63, 3.8) is 0 Å². The first-order valence-corrected chi connectivity index (χ1v) is 2.87. The van der Waals surface area contributed by atoms with Crippen LogP contribution >= 0.6 is 0 Å². The molecule has 0 aliphatic rings. The van der Waals surface area contributed by atoms with Crippen molar-refractivity contribution in [2.24, 2.45) is 0 Å². The van der Waals surface area contributed by atoms with Crippen molar-refractivity contribution in [3.8, 4) is 0 Å². The van der Waals surface area contributed by atoms with E-state index in [0.29, 0.717) is 0 Å². The summed E-state index contributed by atoms with van der Waals surface area (Å²) in [7, 11) is 0. The molecule has 0 atom stereocenters. The number of carbonyl (C=O) groups excluding carboxylic acids is 5. The van der Waals surface area contributed by atoms with Gasteiger partial charge in [-0.25, -0.2) is 0 Å². The molecule has 17 heavy (non-hydrogen) atoms. The standard InChI is InChI=1S/C5H5N.5CO.W/c1-2-4-6-5-3-1;5*1-2;/h1-5H;;;;;;. The average Bonchev–Trinajstić information content (AvgIpc) is 2.51.